The van der Waals surface area contributed by atoms with E-state index in [1.54, 1.807) is 6.92 Å². The predicted octanol–water partition coefficient (Wildman–Crippen LogP) is 1.95. The van der Waals surface area contributed by atoms with E-state index in [1.807, 2.05) is 0 Å². The van der Waals surface area contributed by atoms with Gasteiger partial charge in [0.25, 0.3) is 0 Å². The third-order valence-electron chi connectivity index (χ3n) is 3.69. The molecule has 0 aromatic heterocycles. The maximum Gasteiger partial charge on any atom is 0.473 e. The molecule has 0 aliphatic rings. The maximum absolute atomic E-state index is 12.8. The molecule has 0 aromatic carbocycles. The van der Waals surface area contributed by atoms with Crippen LogP contribution in [0.25, 0.3) is 0 Å². The molecule has 3 N–H and O–H groups in total. The van der Waals surface area contributed by atoms with Crippen LogP contribution in [0, 0.1) is 0 Å². The quantitative estimate of drug-likeness (QED) is 0.158. The van der Waals surface area contributed by atoms with Crippen LogP contribution in [0.3, 0.4) is 0 Å². The number of nitrogens with zero attached hydrogens (tertiary/aromatic N) is 2. The van der Waals surface area contributed by atoms with Crippen LogP contribution in [0.4, 0.5) is 39.5 Å². The van der Waals surface area contributed by atoms with Crippen molar-refractivity contribution in [1.82, 2.24) is 10.2 Å². The average molecular weight is 518 g/mol. The van der Waals surface area contributed by atoms with Gasteiger partial charge < -0.3 is 15.8 Å². The topological polar surface area (TPSA) is 131 Å². The number of unbranched alkanes of at least 4 members (excludes halogenated alkanes) is 1. The van der Waals surface area contributed by atoms with Crippen molar-refractivity contribution in [1.29, 1.82) is 0 Å². The van der Waals surface area contributed by atoms with Gasteiger partial charge in [-0.05, 0) is 19.3 Å². The fourth-order valence-corrected chi connectivity index (χ4v) is 2.06. The molecule has 0 rings (SSSR count). The number of amides is 3. The predicted molar refractivity (Wildman–Crippen MR) is 93.5 cm³/mol. The number of hydrogen-bond donors (Lipinski definition) is 2. The zero-order valence-corrected chi connectivity index (χ0v) is 17.2. The van der Waals surface area contributed by atoms with Crippen LogP contribution in [0.1, 0.15) is 32.6 Å². The van der Waals surface area contributed by atoms with Crippen molar-refractivity contribution in [2.24, 2.45) is 10.7 Å². The molecule has 0 saturated carbocycles. The van der Waals surface area contributed by atoms with Gasteiger partial charge in [-0.2, -0.15) is 44.5 Å². The van der Waals surface area contributed by atoms with E-state index in [9.17, 15) is 58.7 Å². The van der Waals surface area contributed by atoms with E-state index >= 15 is 0 Å². The van der Waals surface area contributed by atoms with E-state index < -0.39 is 78.5 Å². The van der Waals surface area contributed by atoms with Crippen LogP contribution in [-0.4, -0.2) is 72.3 Å². The Morgan fingerprint density at radius 3 is 1.94 bits per heavy atom. The summed E-state index contributed by atoms with van der Waals surface area (Å²) in [6.45, 7) is 0.184. The van der Waals surface area contributed by atoms with Crippen LogP contribution in [-0.2, 0) is 23.9 Å². The van der Waals surface area contributed by atoms with Crippen LogP contribution in [0.5, 0.6) is 0 Å². The molecule has 3 amide bonds. The van der Waals surface area contributed by atoms with E-state index in [1.165, 1.54) is 5.32 Å². The smallest absolute Gasteiger partial charge is 0.464 e. The first-order valence-electron chi connectivity index (χ1n) is 9.20. The lowest BCUT2D eigenvalue weighted by Gasteiger charge is -2.24. The number of nitrogens with two attached hydrogens (primary N) is 1. The molecule has 0 saturated heterocycles. The number of halogens is 9. The highest BCUT2D eigenvalue weighted by Crippen LogP contribution is 2.21. The van der Waals surface area contributed by atoms with Crippen LogP contribution < -0.4 is 11.1 Å². The maximum atomic E-state index is 12.8. The van der Waals surface area contributed by atoms with Gasteiger partial charge in [0, 0.05) is 6.54 Å². The molecule has 0 radical (unpaired) electrons. The molecule has 0 bridgehead atoms. The number of nitrogens with one attached hydrogen (secondary N) is 1. The molecular weight excluding hydrogens is 499 g/mol. The first kappa shape index (κ1) is 30.9. The monoisotopic (exact) mass is 518 g/mol. The molecule has 196 valence electrons. The Morgan fingerprint density at radius 2 is 1.50 bits per heavy atom. The van der Waals surface area contributed by atoms with E-state index in [0.29, 0.717) is 12.8 Å². The SMILES string of the molecule is CCCCOC(=O)C(CCCN(C(=O)C(F)(F)F)C(N)=NC(=O)C(F)(F)F)NC(=O)C(F)(F)F. The molecule has 0 heterocycles. The molecule has 9 nitrogen and oxygen atoms in total. The van der Waals surface area contributed by atoms with Gasteiger partial charge in [-0.25, -0.2) is 4.79 Å². The fourth-order valence-electron chi connectivity index (χ4n) is 2.06. The number of carbonyl (C=O) groups excluding carboxylic acids is 4. The summed E-state index contributed by atoms with van der Waals surface area (Å²) in [6.07, 6.45) is -17.6. The number of esters is 1. The van der Waals surface area contributed by atoms with Crippen molar-refractivity contribution >= 4 is 29.7 Å². The Bertz CT molecular complexity index is 778. The Balaban J connectivity index is 5.63. The summed E-state index contributed by atoms with van der Waals surface area (Å²) in [5.41, 5.74) is 4.93. The second-order valence-electron chi connectivity index (χ2n) is 6.41. The first-order valence-corrected chi connectivity index (χ1v) is 9.20. The van der Waals surface area contributed by atoms with Crippen molar-refractivity contribution in [2.45, 2.75) is 57.2 Å². The third-order valence-corrected chi connectivity index (χ3v) is 3.69. The standard InChI is InChI=1S/C16H19F9N4O5/c1-2-3-7-34-9(30)8(27-10(31)14(17,18)19)5-4-6-29(12(33)16(23,24)25)13(26)28-11(32)15(20,21)22/h8H,2-7H2,1H3,(H,27,31)(H2,26,28,32). The number of rotatable bonds is 9. The van der Waals surface area contributed by atoms with E-state index in [0.717, 1.165) is 0 Å². The zero-order valence-electron chi connectivity index (χ0n) is 17.2. The molecule has 0 aliphatic carbocycles. The summed E-state index contributed by atoms with van der Waals surface area (Å²) in [5.74, 6) is -11.5. The molecule has 1 atom stereocenters. The highest BCUT2D eigenvalue weighted by Gasteiger charge is 2.45. The van der Waals surface area contributed by atoms with Crippen molar-refractivity contribution < 1.29 is 63.4 Å². The number of carbonyl (C=O) groups is 4. The lowest BCUT2D eigenvalue weighted by Crippen LogP contribution is -2.50. The van der Waals surface area contributed by atoms with Gasteiger partial charge in [0.2, 0.25) is 5.96 Å². The number of guanidine groups is 1. The number of hydrogen-bond acceptors (Lipinski definition) is 5. The third kappa shape index (κ3) is 10.7. The van der Waals surface area contributed by atoms with Gasteiger partial charge in [-0.1, -0.05) is 13.3 Å². The molecular formula is C16H19F9N4O5. The lowest BCUT2D eigenvalue weighted by molar-refractivity contribution is -0.181. The van der Waals surface area contributed by atoms with Gasteiger partial charge in [-0.15, -0.1) is 0 Å². The minimum Gasteiger partial charge on any atom is -0.464 e. The van der Waals surface area contributed by atoms with Crippen LogP contribution >= 0.6 is 0 Å². The molecule has 0 aliphatic heterocycles. The Hall–Kier alpha value is -3.08. The van der Waals surface area contributed by atoms with Crippen molar-refractivity contribution in [2.75, 3.05) is 13.2 Å². The van der Waals surface area contributed by atoms with Gasteiger partial charge in [-0.3, -0.25) is 19.3 Å². The van der Waals surface area contributed by atoms with Gasteiger partial charge in [0.1, 0.15) is 6.04 Å². The highest BCUT2D eigenvalue weighted by atomic mass is 19.4. The van der Waals surface area contributed by atoms with Gasteiger partial charge in [0.15, 0.2) is 0 Å². The molecule has 0 spiro atoms. The van der Waals surface area contributed by atoms with E-state index in [2.05, 4.69) is 9.73 Å². The Morgan fingerprint density at radius 1 is 0.941 bits per heavy atom. The summed E-state index contributed by atoms with van der Waals surface area (Å²) in [5, 5.41) is 1.27. The van der Waals surface area contributed by atoms with Crippen LogP contribution in [0.15, 0.2) is 4.99 Å². The molecule has 18 heteroatoms. The number of ether oxygens (including phenoxy) is 1. The molecule has 0 fully saturated rings. The van der Waals surface area contributed by atoms with Crippen LogP contribution in [0.2, 0.25) is 0 Å². The summed E-state index contributed by atoms with van der Waals surface area (Å²) in [7, 11) is 0. The Kier molecular flexibility index (Phi) is 11.3. The first-order chi connectivity index (χ1) is 15.3. The number of alkyl halides is 9. The Labute approximate surface area is 185 Å². The summed E-state index contributed by atoms with van der Waals surface area (Å²) < 4.78 is 117. The second kappa shape index (κ2) is 12.4. The molecule has 34 heavy (non-hydrogen) atoms. The fraction of sp³-hybridized carbons (Fsp3) is 0.688. The van der Waals surface area contributed by atoms with E-state index in [-0.39, 0.29) is 6.61 Å². The summed E-state index contributed by atoms with van der Waals surface area (Å²) in [6, 6.07) is -2.04. The summed E-state index contributed by atoms with van der Waals surface area (Å²) in [4.78, 5) is 47.0. The minimum absolute atomic E-state index is 0.258. The molecule has 0 aromatic rings. The summed E-state index contributed by atoms with van der Waals surface area (Å²) >= 11 is 0. The normalized spacial score (nSPS) is 13.8. The largest absolute Gasteiger partial charge is 0.473 e. The highest BCUT2D eigenvalue weighted by molar-refractivity contribution is 6.03. The van der Waals surface area contributed by atoms with Crippen molar-refractivity contribution in [3.8, 4) is 0 Å². The molecule has 1 unspecified atom stereocenters. The number of aliphatic imine (C=N–C) groups is 1. The van der Waals surface area contributed by atoms with E-state index in [4.69, 9.17) is 5.73 Å². The lowest BCUT2D eigenvalue weighted by atomic mass is 10.1. The van der Waals surface area contributed by atoms with Gasteiger partial charge in [0.05, 0.1) is 6.61 Å². The average Bonchev–Trinajstić information content (AvgIpc) is 2.67. The van der Waals surface area contributed by atoms with Crippen molar-refractivity contribution in [3.63, 3.8) is 0 Å². The second-order valence-corrected chi connectivity index (χ2v) is 6.41. The minimum atomic E-state index is -5.69. The zero-order chi connectivity index (χ0) is 26.9. The van der Waals surface area contributed by atoms with Crippen molar-refractivity contribution in [3.05, 3.63) is 0 Å². The van der Waals surface area contributed by atoms with Gasteiger partial charge >= 0.3 is 42.2 Å².